The number of carbonyl (C=O) groups is 1. The first-order valence-electron chi connectivity index (χ1n) is 7.49. The average Bonchev–Trinajstić information content (AvgIpc) is 3.14. The molecule has 0 bridgehead atoms. The lowest BCUT2D eigenvalue weighted by molar-refractivity contribution is -0.384. The minimum atomic E-state index is -0.583. The molecular weight excluding hydrogens is 379 g/mol. The van der Waals surface area contributed by atoms with Crippen LogP contribution in [-0.2, 0) is 0 Å². The molecule has 0 radical (unpaired) electrons. The smallest absolute Gasteiger partial charge is 0.270 e. The zero-order valence-corrected chi connectivity index (χ0v) is 14.8. The van der Waals surface area contributed by atoms with Crippen LogP contribution in [0.5, 0.6) is 0 Å². The van der Waals surface area contributed by atoms with E-state index in [4.69, 9.17) is 11.6 Å². The van der Waals surface area contributed by atoms with E-state index in [1.165, 1.54) is 35.6 Å². The summed E-state index contributed by atoms with van der Waals surface area (Å²) < 4.78 is 13.2. The minimum absolute atomic E-state index is 0.0132. The fourth-order valence-corrected chi connectivity index (χ4v) is 3.50. The number of nitrogens with zero attached hydrogens (tertiary/aromatic N) is 1. The number of amides is 1. The number of rotatable bonds is 5. The van der Waals surface area contributed by atoms with Crippen molar-refractivity contribution in [1.82, 2.24) is 5.32 Å². The highest BCUT2D eigenvalue weighted by Crippen LogP contribution is 2.28. The molecule has 0 saturated heterocycles. The molecule has 0 aliphatic carbocycles. The molecule has 5 nitrogen and oxygen atoms in total. The molecule has 0 spiro atoms. The van der Waals surface area contributed by atoms with Crippen LogP contribution in [0, 0.1) is 15.9 Å². The first-order chi connectivity index (χ1) is 12.5. The van der Waals surface area contributed by atoms with E-state index < -0.39 is 16.9 Å². The molecule has 1 aromatic heterocycles. The molecule has 1 heterocycles. The van der Waals surface area contributed by atoms with Gasteiger partial charge < -0.3 is 5.32 Å². The van der Waals surface area contributed by atoms with Crippen molar-refractivity contribution in [3.05, 3.63) is 96.9 Å². The van der Waals surface area contributed by atoms with E-state index in [1.54, 1.807) is 12.1 Å². The fraction of sp³-hybridized carbons (Fsp3) is 0.0556. The van der Waals surface area contributed by atoms with E-state index >= 15 is 0 Å². The van der Waals surface area contributed by atoms with Gasteiger partial charge in [-0.25, -0.2) is 4.39 Å². The monoisotopic (exact) mass is 390 g/mol. The normalized spacial score (nSPS) is 11.8. The largest absolute Gasteiger partial charge is 0.340 e. The van der Waals surface area contributed by atoms with Crippen LogP contribution in [0.1, 0.15) is 26.8 Å². The maximum atomic E-state index is 13.2. The minimum Gasteiger partial charge on any atom is -0.340 e. The number of halogens is 2. The maximum Gasteiger partial charge on any atom is 0.270 e. The number of carbonyl (C=O) groups excluding carboxylic acids is 1. The Bertz CT molecular complexity index is 946. The van der Waals surface area contributed by atoms with Crippen LogP contribution in [0.25, 0.3) is 0 Å². The summed E-state index contributed by atoms with van der Waals surface area (Å²) >= 11 is 7.48. The Kier molecular flexibility index (Phi) is 5.29. The van der Waals surface area contributed by atoms with Gasteiger partial charge in [0, 0.05) is 17.0 Å². The fourth-order valence-electron chi connectivity index (χ4n) is 2.44. The summed E-state index contributed by atoms with van der Waals surface area (Å²) in [5.41, 5.74) is 0.640. The van der Waals surface area contributed by atoms with Crippen molar-refractivity contribution < 1.29 is 14.1 Å². The molecule has 0 aliphatic heterocycles. The molecule has 1 N–H and O–H groups in total. The van der Waals surface area contributed by atoms with Crippen LogP contribution in [0.3, 0.4) is 0 Å². The zero-order valence-electron chi connectivity index (χ0n) is 13.2. The first-order valence-corrected chi connectivity index (χ1v) is 8.75. The molecule has 1 unspecified atom stereocenters. The molecule has 2 aromatic carbocycles. The van der Waals surface area contributed by atoms with Gasteiger partial charge in [0.1, 0.15) is 5.82 Å². The first kappa shape index (κ1) is 18.0. The molecule has 1 atom stereocenters. The van der Waals surface area contributed by atoms with Gasteiger partial charge in [0.2, 0.25) is 0 Å². The molecule has 0 fully saturated rings. The number of hydrogen-bond acceptors (Lipinski definition) is 4. The van der Waals surface area contributed by atoms with Gasteiger partial charge in [-0.15, -0.1) is 11.3 Å². The van der Waals surface area contributed by atoms with Crippen molar-refractivity contribution in [3.8, 4) is 0 Å². The predicted octanol–water partition coefficient (Wildman–Crippen LogP) is 4.97. The Morgan fingerprint density at radius 1 is 1.19 bits per heavy atom. The SMILES string of the molecule is O=C(NC(c1ccc(F)cc1)c1cccs1)c1ccc([N+](=O)[O-])cc1Cl. The molecule has 26 heavy (non-hydrogen) atoms. The highest BCUT2D eigenvalue weighted by molar-refractivity contribution is 7.10. The topological polar surface area (TPSA) is 72.2 Å². The van der Waals surface area contributed by atoms with Crippen molar-refractivity contribution >= 4 is 34.5 Å². The number of benzene rings is 2. The summed E-state index contributed by atoms with van der Waals surface area (Å²) in [5, 5.41) is 15.5. The number of thiophene rings is 1. The molecule has 8 heteroatoms. The lowest BCUT2D eigenvalue weighted by Gasteiger charge is -2.18. The zero-order chi connectivity index (χ0) is 18.7. The highest BCUT2D eigenvalue weighted by atomic mass is 35.5. The highest BCUT2D eigenvalue weighted by Gasteiger charge is 2.21. The molecular formula is C18H12ClFN2O3S. The lowest BCUT2D eigenvalue weighted by Crippen LogP contribution is -2.29. The number of hydrogen-bond donors (Lipinski definition) is 1. The van der Waals surface area contributed by atoms with Gasteiger partial charge >= 0.3 is 0 Å². The maximum absolute atomic E-state index is 13.2. The Morgan fingerprint density at radius 3 is 2.50 bits per heavy atom. The predicted molar refractivity (Wildman–Crippen MR) is 98.1 cm³/mol. The lowest BCUT2D eigenvalue weighted by atomic mass is 10.0. The third kappa shape index (κ3) is 3.89. The number of nitro benzene ring substituents is 1. The Hall–Kier alpha value is -2.77. The van der Waals surface area contributed by atoms with Gasteiger partial charge in [0.15, 0.2) is 0 Å². The van der Waals surface area contributed by atoms with Crippen LogP contribution in [0.4, 0.5) is 10.1 Å². The van der Waals surface area contributed by atoms with Gasteiger partial charge in [0.25, 0.3) is 11.6 Å². The summed E-state index contributed by atoms with van der Waals surface area (Å²) in [7, 11) is 0. The van der Waals surface area contributed by atoms with E-state index in [9.17, 15) is 19.3 Å². The Labute approximate surface area is 157 Å². The van der Waals surface area contributed by atoms with E-state index in [0.717, 1.165) is 10.9 Å². The van der Waals surface area contributed by atoms with Crippen LogP contribution < -0.4 is 5.32 Å². The van der Waals surface area contributed by atoms with Gasteiger partial charge in [-0.05, 0) is 35.2 Å². The number of nitrogens with one attached hydrogen (secondary N) is 1. The summed E-state index contributed by atoms with van der Waals surface area (Å²) in [6.07, 6.45) is 0. The van der Waals surface area contributed by atoms with Crippen molar-refractivity contribution in [2.75, 3.05) is 0 Å². The van der Waals surface area contributed by atoms with Crippen molar-refractivity contribution in [2.45, 2.75) is 6.04 Å². The third-order valence-electron chi connectivity index (χ3n) is 3.71. The van der Waals surface area contributed by atoms with E-state index in [-0.39, 0.29) is 22.1 Å². The average molecular weight is 391 g/mol. The van der Waals surface area contributed by atoms with Crippen molar-refractivity contribution in [2.24, 2.45) is 0 Å². The second kappa shape index (κ2) is 7.63. The number of nitro groups is 1. The van der Waals surface area contributed by atoms with E-state index in [1.807, 2.05) is 17.5 Å². The standard InChI is InChI=1S/C18H12ClFN2O3S/c19-15-10-13(22(24)25)7-8-14(15)18(23)21-17(16-2-1-9-26-16)11-3-5-12(20)6-4-11/h1-10,17H,(H,21,23). The van der Waals surface area contributed by atoms with Crippen LogP contribution in [-0.4, -0.2) is 10.8 Å². The van der Waals surface area contributed by atoms with E-state index in [2.05, 4.69) is 5.32 Å². The van der Waals surface area contributed by atoms with Gasteiger partial charge in [0.05, 0.1) is 21.6 Å². The Morgan fingerprint density at radius 2 is 1.92 bits per heavy atom. The number of non-ortho nitro benzene ring substituents is 1. The molecule has 3 aromatic rings. The summed E-state index contributed by atoms with van der Waals surface area (Å²) in [6.45, 7) is 0. The summed E-state index contributed by atoms with van der Waals surface area (Å²) in [4.78, 5) is 23.7. The van der Waals surface area contributed by atoms with Crippen LogP contribution >= 0.6 is 22.9 Å². The van der Waals surface area contributed by atoms with Crippen molar-refractivity contribution in [1.29, 1.82) is 0 Å². The molecule has 132 valence electrons. The molecule has 0 aliphatic rings. The van der Waals surface area contributed by atoms with Crippen molar-refractivity contribution in [3.63, 3.8) is 0 Å². The summed E-state index contributed by atoms with van der Waals surface area (Å²) in [6, 6.07) is 12.7. The summed E-state index contributed by atoms with van der Waals surface area (Å²) in [5.74, 6) is -0.851. The third-order valence-corrected chi connectivity index (χ3v) is 4.96. The van der Waals surface area contributed by atoms with Gasteiger partial charge in [-0.1, -0.05) is 29.8 Å². The van der Waals surface area contributed by atoms with Gasteiger partial charge in [-0.2, -0.15) is 0 Å². The van der Waals surface area contributed by atoms with E-state index in [0.29, 0.717) is 5.56 Å². The van der Waals surface area contributed by atoms with Crippen LogP contribution in [0.15, 0.2) is 60.0 Å². The second-order valence-electron chi connectivity index (χ2n) is 5.39. The Balaban J connectivity index is 1.91. The quantitative estimate of drug-likeness (QED) is 0.494. The molecule has 3 rings (SSSR count). The molecule has 1 amide bonds. The molecule has 0 saturated carbocycles. The van der Waals surface area contributed by atoms with Crippen LogP contribution in [0.2, 0.25) is 5.02 Å². The van der Waals surface area contributed by atoms with Gasteiger partial charge in [-0.3, -0.25) is 14.9 Å². The second-order valence-corrected chi connectivity index (χ2v) is 6.78.